The summed E-state index contributed by atoms with van der Waals surface area (Å²) in [5.41, 5.74) is 2.23. The maximum atomic E-state index is 12.3. The molecule has 1 aliphatic rings. The fraction of sp³-hybridized carbons (Fsp3) is 0.393. The van der Waals surface area contributed by atoms with Crippen LogP contribution in [0.2, 0.25) is 0 Å². The number of anilines is 1. The van der Waals surface area contributed by atoms with Crippen LogP contribution >= 0.6 is 0 Å². The molecule has 1 fully saturated rings. The van der Waals surface area contributed by atoms with E-state index in [4.69, 9.17) is 13.9 Å². The Kier molecular flexibility index (Phi) is 8.68. The molecule has 1 N–H and O–H groups in total. The van der Waals surface area contributed by atoms with E-state index in [1.807, 2.05) is 48.5 Å². The van der Waals surface area contributed by atoms with Gasteiger partial charge in [-0.15, -0.1) is 0 Å². The predicted molar refractivity (Wildman–Crippen MR) is 138 cm³/mol. The number of amides is 1. The molecule has 3 aromatic rings. The third-order valence-electron chi connectivity index (χ3n) is 6.42. The van der Waals surface area contributed by atoms with Gasteiger partial charge >= 0.3 is 0 Å². The smallest absolute Gasteiger partial charge is 0.220 e. The molecule has 4 rings (SSSR count). The lowest BCUT2D eigenvalue weighted by Crippen LogP contribution is -2.47. The van der Waals surface area contributed by atoms with Gasteiger partial charge in [0.05, 0.1) is 14.2 Å². The van der Waals surface area contributed by atoms with Crippen LogP contribution in [0.1, 0.15) is 18.6 Å². The Morgan fingerprint density at radius 3 is 2.20 bits per heavy atom. The molecular weight excluding hydrogens is 442 g/mol. The maximum Gasteiger partial charge on any atom is 0.220 e. The topological polar surface area (TPSA) is 67.2 Å². The van der Waals surface area contributed by atoms with Crippen LogP contribution in [-0.4, -0.2) is 64.3 Å². The number of hydrogen-bond donors (Lipinski definition) is 1. The fourth-order valence-corrected chi connectivity index (χ4v) is 4.30. The second-order valence-corrected chi connectivity index (χ2v) is 8.72. The normalized spacial score (nSPS) is 14.1. The zero-order valence-corrected chi connectivity index (χ0v) is 20.7. The molecule has 1 aromatic heterocycles. The molecule has 0 radical (unpaired) electrons. The zero-order chi connectivity index (χ0) is 24.5. The third kappa shape index (κ3) is 7.02. The van der Waals surface area contributed by atoms with E-state index in [2.05, 4.69) is 27.2 Å². The number of methoxy groups -OCH3 is 2. The lowest BCUT2D eigenvalue weighted by atomic mass is 10.2. The highest BCUT2D eigenvalue weighted by atomic mass is 16.5. The largest absolute Gasteiger partial charge is 0.497 e. The number of hydrogen-bond acceptors (Lipinski definition) is 6. The summed E-state index contributed by atoms with van der Waals surface area (Å²) in [5, 5.41) is 3.05. The number of rotatable bonds is 11. The molecule has 0 saturated carbocycles. The average molecular weight is 478 g/mol. The van der Waals surface area contributed by atoms with E-state index in [0.717, 1.165) is 67.7 Å². The van der Waals surface area contributed by atoms with Crippen molar-refractivity contribution < 1.29 is 18.7 Å². The minimum absolute atomic E-state index is 0.0664. The van der Waals surface area contributed by atoms with Crippen molar-refractivity contribution in [3.8, 4) is 22.8 Å². The monoisotopic (exact) mass is 477 g/mol. The molecule has 1 saturated heterocycles. The van der Waals surface area contributed by atoms with Gasteiger partial charge in [-0.05, 0) is 73.6 Å². The van der Waals surface area contributed by atoms with Gasteiger partial charge < -0.3 is 24.1 Å². The quantitative estimate of drug-likeness (QED) is 0.417. The van der Waals surface area contributed by atoms with Crippen LogP contribution in [0, 0.1) is 0 Å². The van der Waals surface area contributed by atoms with Crippen molar-refractivity contribution in [2.24, 2.45) is 0 Å². The van der Waals surface area contributed by atoms with Crippen LogP contribution in [0.15, 0.2) is 65.1 Å². The highest BCUT2D eigenvalue weighted by Gasteiger charge is 2.17. The lowest BCUT2D eigenvalue weighted by Gasteiger charge is -2.36. The summed E-state index contributed by atoms with van der Waals surface area (Å²) in [6.07, 6.45) is 1.97. The van der Waals surface area contributed by atoms with Crippen molar-refractivity contribution >= 4 is 11.6 Å². The molecule has 0 atom stereocenters. The van der Waals surface area contributed by atoms with Gasteiger partial charge in [-0.2, -0.15) is 0 Å². The molecule has 2 heterocycles. The molecule has 2 aromatic carbocycles. The number of aryl methyl sites for hydroxylation is 1. The number of nitrogens with zero attached hydrogens (tertiary/aromatic N) is 2. The molecule has 0 aliphatic carbocycles. The van der Waals surface area contributed by atoms with Gasteiger partial charge in [0.2, 0.25) is 5.91 Å². The van der Waals surface area contributed by atoms with Crippen LogP contribution in [0.4, 0.5) is 5.69 Å². The molecule has 1 aliphatic heterocycles. The summed E-state index contributed by atoms with van der Waals surface area (Å²) in [6, 6.07) is 19.9. The van der Waals surface area contributed by atoms with Crippen LogP contribution in [0.25, 0.3) is 11.3 Å². The highest BCUT2D eigenvalue weighted by molar-refractivity contribution is 5.76. The Hall–Kier alpha value is -3.45. The summed E-state index contributed by atoms with van der Waals surface area (Å²) in [6.45, 7) is 5.80. The van der Waals surface area contributed by atoms with Crippen molar-refractivity contribution in [1.29, 1.82) is 0 Å². The molecule has 7 nitrogen and oxygen atoms in total. The molecule has 7 heteroatoms. The second kappa shape index (κ2) is 12.3. The number of benzene rings is 2. The molecule has 0 unspecified atom stereocenters. The number of ether oxygens (including phenoxy) is 2. The number of nitrogens with one attached hydrogen (secondary N) is 1. The van der Waals surface area contributed by atoms with Crippen molar-refractivity contribution in [2.45, 2.75) is 19.3 Å². The second-order valence-electron chi connectivity index (χ2n) is 8.72. The van der Waals surface area contributed by atoms with Gasteiger partial charge in [-0.25, -0.2) is 0 Å². The van der Waals surface area contributed by atoms with Crippen molar-refractivity contribution in [1.82, 2.24) is 10.2 Å². The molecule has 0 bridgehead atoms. The van der Waals surface area contributed by atoms with Gasteiger partial charge in [-0.1, -0.05) is 0 Å². The molecular formula is C28H35N3O4. The molecule has 186 valence electrons. The molecule has 35 heavy (non-hydrogen) atoms. The fourth-order valence-electron chi connectivity index (χ4n) is 4.30. The Morgan fingerprint density at radius 2 is 1.54 bits per heavy atom. The summed E-state index contributed by atoms with van der Waals surface area (Å²) >= 11 is 0. The zero-order valence-electron chi connectivity index (χ0n) is 20.7. The van der Waals surface area contributed by atoms with E-state index in [1.165, 1.54) is 5.69 Å². The summed E-state index contributed by atoms with van der Waals surface area (Å²) in [7, 11) is 3.34. The van der Waals surface area contributed by atoms with Crippen LogP contribution in [0.5, 0.6) is 11.5 Å². The van der Waals surface area contributed by atoms with Gasteiger partial charge in [-0.3, -0.25) is 9.69 Å². The number of carbonyl (C=O) groups is 1. The lowest BCUT2D eigenvalue weighted by molar-refractivity contribution is -0.121. The summed E-state index contributed by atoms with van der Waals surface area (Å²) in [4.78, 5) is 17.1. The SMILES string of the molecule is COc1ccc(-c2ccc(CCC(=O)NCCCN3CCN(c4ccc(OC)cc4)CC3)o2)cc1. The molecule has 1 amide bonds. The first-order valence-electron chi connectivity index (χ1n) is 12.3. The highest BCUT2D eigenvalue weighted by Crippen LogP contribution is 2.25. The van der Waals surface area contributed by atoms with E-state index in [1.54, 1.807) is 14.2 Å². The summed E-state index contributed by atoms with van der Waals surface area (Å²) in [5.74, 6) is 3.39. The van der Waals surface area contributed by atoms with Crippen LogP contribution in [-0.2, 0) is 11.2 Å². The third-order valence-corrected chi connectivity index (χ3v) is 6.42. The average Bonchev–Trinajstić information content (AvgIpc) is 3.39. The van der Waals surface area contributed by atoms with E-state index in [-0.39, 0.29) is 5.91 Å². The van der Waals surface area contributed by atoms with Crippen molar-refractivity contribution in [3.63, 3.8) is 0 Å². The standard InChI is InChI=1S/C28H35N3O4/c1-33-24-8-4-22(5-9-24)27-14-12-26(35-27)13-15-28(32)29-16-3-17-30-18-20-31(21-19-30)23-6-10-25(34-2)11-7-23/h4-12,14H,3,13,15-21H2,1-2H3,(H,29,32). The van der Waals surface area contributed by atoms with Crippen LogP contribution in [0.3, 0.4) is 0 Å². The van der Waals surface area contributed by atoms with E-state index < -0.39 is 0 Å². The Labute approximate surface area is 207 Å². The van der Waals surface area contributed by atoms with Crippen LogP contribution < -0.4 is 19.7 Å². The minimum Gasteiger partial charge on any atom is -0.497 e. The summed E-state index contributed by atoms with van der Waals surface area (Å²) < 4.78 is 16.3. The van der Waals surface area contributed by atoms with Gasteiger partial charge in [0.1, 0.15) is 23.0 Å². The van der Waals surface area contributed by atoms with E-state index in [9.17, 15) is 4.79 Å². The van der Waals surface area contributed by atoms with Crippen molar-refractivity contribution in [2.75, 3.05) is 58.4 Å². The first kappa shape index (κ1) is 24.7. The minimum atomic E-state index is 0.0664. The van der Waals surface area contributed by atoms with E-state index >= 15 is 0 Å². The number of furan rings is 1. The number of piperazine rings is 1. The Balaban J connectivity index is 1.10. The first-order chi connectivity index (χ1) is 17.1. The maximum absolute atomic E-state index is 12.3. The molecule has 0 spiro atoms. The van der Waals surface area contributed by atoms with Gasteiger partial charge in [0.15, 0.2) is 0 Å². The Bertz CT molecular complexity index is 1050. The van der Waals surface area contributed by atoms with Gasteiger partial charge in [0.25, 0.3) is 0 Å². The van der Waals surface area contributed by atoms with E-state index in [0.29, 0.717) is 19.4 Å². The van der Waals surface area contributed by atoms with Gasteiger partial charge in [0, 0.05) is 56.8 Å². The van der Waals surface area contributed by atoms with Crippen molar-refractivity contribution in [3.05, 3.63) is 66.4 Å². The number of carbonyl (C=O) groups excluding carboxylic acids is 1. The Morgan fingerprint density at radius 1 is 0.886 bits per heavy atom. The predicted octanol–water partition coefficient (Wildman–Crippen LogP) is 4.22. The first-order valence-corrected chi connectivity index (χ1v) is 12.3.